The summed E-state index contributed by atoms with van der Waals surface area (Å²) in [5.74, 6) is 0.920. The largest absolute Gasteiger partial charge is 0.253 e. The standard InChI is InChI=1S/C15H13ClN4/c1-9(2)12-8-14(16)20-15(19-12)10-3-4-11-13(7-10)18-6-5-17-11/h3-9H,1-2H3. The second-order valence-electron chi connectivity index (χ2n) is 4.85. The quantitative estimate of drug-likeness (QED) is 0.671. The summed E-state index contributed by atoms with van der Waals surface area (Å²) in [7, 11) is 0. The van der Waals surface area contributed by atoms with Gasteiger partial charge in [0.25, 0.3) is 0 Å². The summed E-state index contributed by atoms with van der Waals surface area (Å²) in [6.07, 6.45) is 3.35. The molecule has 0 aliphatic rings. The molecule has 2 heterocycles. The molecule has 3 aromatic rings. The Balaban J connectivity index is 2.15. The first-order valence-corrected chi connectivity index (χ1v) is 6.77. The van der Waals surface area contributed by atoms with E-state index in [0.717, 1.165) is 22.3 Å². The molecule has 0 saturated heterocycles. The molecule has 5 heteroatoms. The van der Waals surface area contributed by atoms with Gasteiger partial charge in [-0.25, -0.2) is 9.97 Å². The minimum Gasteiger partial charge on any atom is -0.253 e. The van der Waals surface area contributed by atoms with Gasteiger partial charge in [0.2, 0.25) is 0 Å². The zero-order chi connectivity index (χ0) is 14.1. The second kappa shape index (κ2) is 5.13. The Kier molecular flexibility index (Phi) is 3.32. The van der Waals surface area contributed by atoms with Crippen LogP contribution in [0.25, 0.3) is 22.4 Å². The van der Waals surface area contributed by atoms with Crippen LogP contribution in [0.4, 0.5) is 0 Å². The molecular weight excluding hydrogens is 272 g/mol. The van der Waals surface area contributed by atoms with Crippen molar-refractivity contribution < 1.29 is 0 Å². The van der Waals surface area contributed by atoms with E-state index >= 15 is 0 Å². The van der Waals surface area contributed by atoms with Crippen molar-refractivity contribution in [3.63, 3.8) is 0 Å². The van der Waals surface area contributed by atoms with E-state index in [4.69, 9.17) is 11.6 Å². The van der Waals surface area contributed by atoms with Crippen LogP contribution in [0.1, 0.15) is 25.5 Å². The summed E-state index contributed by atoms with van der Waals surface area (Å²) >= 11 is 6.08. The first-order valence-electron chi connectivity index (χ1n) is 6.39. The monoisotopic (exact) mass is 284 g/mol. The highest BCUT2D eigenvalue weighted by Crippen LogP contribution is 2.23. The molecule has 1 aromatic carbocycles. The van der Waals surface area contributed by atoms with Crippen LogP contribution in [0.5, 0.6) is 0 Å². The van der Waals surface area contributed by atoms with Gasteiger partial charge >= 0.3 is 0 Å². The van der Waals surface area contributed by atoms with Gasteiger partial charge in [-0.15, -0.1) is 0 Å². The number of halogens is 1. The van der Waals surface area contributed by atoms with Crippen molar-refractivity contribution in [3.8, 4) is 11.4 Å². The van der Waals surface area contributed by atoms with Gasteiger partial charge in [-0.2, -0.15) is 0 Å². The fraction of sp³-hybridized carbons (Fsp3) is 0.200. The van der Waals surface area contributed by atoms with Crippen molar-refractivity contribution in [1.29, 1.82) is 0 Å². The maximum absolute atomic E-state index is 6.08. The van der Waals surface area contributed by atoms with E-state index in [-0.39, 0.29) is 0 Å². The van der Waals surface area contributed by atoms with E-state index in [0.29, 0.717) is 16.9 Å². The van der Waals surface area contributed by atoms with Crippen molar-refractivity contribution >= 4 is 22.6 Å². The third-order valence-electron chi connectivity index (χ3n) is 3.03. The Hall–Kier alpha value is -2.07. The molecule has 100 valence electrons. The number of nitrogens with zero attached hydrogens (tertiary/aromatic N) is 4. The molecule has 0 spiro atoms. The summed E-state index contributed by atoms with van der Waals surface area (Å²) in [6, 6.07) is 7.58. The topological polar surface area (TPSA) is 51.6 Å². The van der Waals surface area contributed by atoms with E-state index in [1.165, 1.54) is 0 Å². The summed E-state index contributed by atoms with van der Waals surface area (Å²) < 4.78 is 0. The van der Waals surface area contributed by atoms with Crippen LogP contribution in [0.3, 0.4) is 0 Å². The fourth-order valence-corrected chi connectivity index (χ4v) is 2.15. The van der Waals surface area contributed by atoms with Crippen molar-refractivity contribution in [2.24, 2.45) is 0 Å². The molecule has 0 atom stereocenters. The lowest BCUT2D eigenvalue weighted by atomic mass is 10.1. The molecule has 3 rings (SSSR count). The highest BCUT2D eigenvalue weighted by molar-refractivity contribution is 6.29. The Bertz CT molecular complexity index is 771. The van der Waals surface area contributed by atoms with Crippen LogP contribution in [-0.2, 0) is 0 Å². The molecule has 0 amide bonds. The molecule has 0 saturated carbocycles. The van der Waals surface area contributed by atoms with E-state index in [9.17, 15) is 0 Å². The van der Waals surface area contributed by atoms with Crippen LogP contribution >= 0.6 is 11.6 Å². The Morgan fingerprint density at radius 1 is 0.950 bits per heavy atom. The Labute approximate surface area is 121 Å². The highest BCUT2D eigenvalue weighted by Gasteiger charge is 2.09. The molecule has 20 heavy (non-hydrogen) atoms. The summed E-state index contributed by atoms with van der Waals surface area (Å²) in [6.45, 7) is 4.16. The number of fused-ring (bicyclic) bond motifs is 1. The maximum atomic E-state index is 6.08. The highest BCUT2D eigenvalue weighted by atomic mass is 35.5. The third-order valence-corrected chi connectivity index (χ3v) is 3.23. The van der Waals surface area contributed by atoms with Crippen LogP contribution in [0.2, 0.25) is 5.15 Å². The Morgan fingerprint density at radius 3 is 2.45 bits per heavy atom. The number of benzene rings is 1. The van der Waals surface area contributed by atoms with Gasteiger partial charge in [-0.05, 0) is 30.2 Å². The van der Waals surface area contributed by atoms with Crippen molar-refractivity contribution in [2.45, 2.75) is 19.8 Å². The predicted octanol–water partition coefficient (Wildman–Crippen LogP) is 3.86. The molecule has 0 N–H and O–H groups in total. The lowest BCUT2D eigenvalue weighted by Crippen LogP contribution is -1.98. The van der Waals surface area contributed by atoms with Gasteiger partial charge in [-0.3, -0.25) is 9.97 Å². The Morgan fingerprint density at radius 2 is 1.70 bits per heavy atom. The van der Waals surface area contributed by atoms with Crippen LogP contribution < -0.4 is 0 Å². The maximum Gasteiger partial charge on any atom is 0.161 e. The molecule has 2 aromatic heterocycles. The number of aromatic nitrogens is 4. The van der Waals surface area contributed by atoms with Gasteiger partial charge in [0.05, 0.1) is 11.0 Å². The smallest absolute Gasteiger partial charge is 0.161 e. The molecule has 4 nitrogen and oxygen atoms in total. The van der Waals surface area contributed by atoms with E-state index in [2.05, 4.69) is 33.8 Å². The number of hydrogen-bond acceptors (Lipinski definition) is 4. The number of rotatable bonds is 2. The number of hydrogen-bond donors (Lipinski definition) is 0. The fourth-order valence-electron chi connectivity index (χ4n) is 1.96. The summed E-state index contributed by atoms with van der Waals surface area (Å²) in [4.78, 5) is 17.4. The van der Waals surface area contributed by atoms with Crippen molar-refractivity contribution in [3.05, 3.63) is 47.5 Å². The SMILES string of the molecule is CC(C)c1cc(Cl)nc(-c2ccc3nccnc3c2)n1. The van der Waals surface area contributed by atoms with Gasteiger partial charge in [0.1, 0.15) is 5.15 Å². The zero-order valence-electron chi connectivity index (χ0n) is 11.2. The van der Waals surface area contributed by atoms with Crippen molar-refractivity contribution in [2.75, 3.05) is 0 Å². The average molecular weight is 285 g/mol. The molecule has 0 bridgehead atoms. The van der Waals surface area contributed by atoms with E-state index in [1.54, 1.807) is 18.5 Å². The zero-order valence-corrected chi connectivity index (χ0v) is 12.0. The van der Waals surface area contributed by atoms with Crippen LogP contribution in [0, 0.1) is 0 Å². The van der Waals surface area contributed by atoms with Crippen LogP contribution in [-0.4, -0.2) is 19.9 Å². The van der Waals surface area contributed by atoms with Crippen molar-refractivity contribution in [1.82, 2.24) is 19.9 Å². The average Bonchev–Trinajstić information content (AvgIpc) is 2.46. The summed E-state index contributed by atoms with van der Waals surface area (Å²) in [5.41, 5.74) is 3.49. The molecule has 0 unspecified atom stereocenters. The molecule has 0 aliphatic carbocycles. The lowest BCUT2D eigenvalue weighted by molar-refractivity contribution is 0.817. The first-order chi connectivity index (χ1) is 9.63. The third kappa shape index (κ3) is 2.47. The summed E-state index contributed by atoms with van der Waals surface area (Å²) in [5, 5.41) is 0.456. The first kappa shape index (κ1) is 12.9. The minimum absolute atomic E-state index is 0.300. The molecule has 0 radical (unpaired) electrons. The van der Waals surface area contributed by atoms with Gasteiger partial charge in [-0.1, -0.05) is 25.4 Å². The van der Waals surface area contributed by atoms with Gasteiger partial charge in [0.15, 0.2) is 5.82 Å². The lowest BCUT2D eigenvalue weighted by Gasteiger charge is -2.08. The normalized spacial score (nSPS) is 11.2. The molecule has 0 fully saturated rings. The van der Waals surface area contributed by atoms with Gasteiger partial charge in [0, 0.05) is 23.7 Å². The van der Waals surface area contributed by atoms with Gasteiger partial charge < -0.3 is 0 Å². The minimum atomic E-state index is 0.300. The second-order valence-corrected chi connectivity index (χ2v) is 5.24. The predicted molar refractivity (Wildman–Crippen MR) is 79.7 cm³/mol. The van der Waals surface area contributed by atoms with E-state index in [1.807, 2.05) is 18.2 Å². The van der Waals surface area contributed by atoms with Crippen LogP contribution in [0.15, 0.2) is 36.7 Å². The van der Waals surface area contributed by atoms with E-state index < -0.39 is 0 Å². The molecular formula is C15H13ClN4. The molecule has 0 aliphatic heterocycles.